The highest BCUT2D eigenvalue weighted by Gasteiger charge is 2.28. The summed E-state index contributed by atoms with van der Waals surface area (Å²) in [7, 11) is 0. The van der Waals surface area contributed by atoms with Crippen LogP contribution in [-0.4, -0.2) is 35.9 Å². The van der Waals surface area contributed by atoms with E-state index < -0.39 is 6.04 Å². The smallest absolute Gasteiger partial charge is 0.261 e. The van der Waals surface area contributed by atoms with Gasteiger partial charge in [-0.3, -0.25) is 9.59 Å². The Morgan fingerprint density at radius 2 is 1.77 bits per heavy atom. The number of nitrogens with zero attached hydrogens (tertiary/aromatic N) is 1. The Morgan fingerprint density at radius 3 is 2.40 bits per heavy atom. The van der Waals surface area contributed by atoms with Crippen molar-refractivity contribution in [2.75, 3.05) is 13.2 Å². The summed E-state index contributed by atoms with van der Waals surface area (Å²) in [4.78, 5) is 27.4. The molecule has 0 spiro atoms. The second kappa shape index (κ2) is 12.5. The summed E-state index contributed by atoms with van der Waals surface area (Å²) < 4.78 is 5.63. The summed E-state index contributed by atoms with van der Waals surface area (Å²) in [5.41, 5.74) is 0.880. The van der Waals surface area contributed by atoms with Gasteiger partial charge in [0.2, 0.25) is 5.91 Å². The second-order valence-electron chi connectivity index (χ2n) is 6.94. The number of benzene rings is 2. The summed E-state index contributed by atoms with van der Waals surface area (Å²) in [5, 5.41) is 3.98. The summed E-state index contributed by atoms with van der Waals surface area (Å²) in [6, 6.07) is 13.6. The molecule has 7 heteroatoms. The molecule has 2 rings (SSSR count). The maximum Gasteiger partial charge on any atom is 0.261 e. The Kier molecular flexibility index (Phi) is 9.98. The minimum atomic E-state index is -0.597. The highest BCUT2D eigenvalue weighted by atomic mass is 35.5. The zero-order valence-electron chi connectivity index (χ0n) is 17.4. The molecule has 0 aliphatic carbocycles. The maximum atomic E-state index is 13.1. The van der Waals surface area contributed by atoms with Crippen LogP contribution < -0.4 is 10.1 Å². The van der Waals surface area contributed by atoms with Gasteiger partial charge in [-0.2, -0.15) is 0 Å². The SMILES string of the molecule is CCCCNC(=O)C(CC)N(Cc1ccc(Cl)cc1)C(=O)COc1ccccc1Cl. The minimum absolute atomic E-state index is 0.161. The third-order valence-corrected chi connectivity index (χ3v) is 5.23. The van der Waals surface area contributed by atoms with E-state index in [1.807, 2.05) is 19.1 Å². The Hall–Kier alpha value is -2.24. The number of halogens is 2. The van der Waals surface area contributed by atoms with E-state index in [2.05, 4.69) is 12.2 Å². The van der Waals surface area contributed by atoms with Crippen LogP contribution in [0.3, 0.4) is 0 Å². The topological polar surface area (TPSA) is 58.6 Å². The molecule has 2 aromatic carbocycles. The van der Waals surface area contributed by atoms with Crippen molar-refractivity contribution in [3.8, 4) is 5.75 Å². The molecule has 0 aromatic heterocycles. The van der Waals surface area contributed by atoms with Crippen molar-refractivity contribution in [3.63, 3.8) is 0 Å². The van der Waals surface area contributed by atoms with Gasteiger partial charge in [0.1, 0.15) is 11.8 Å². The standard InChI is InChI=1S/C23H28Cl2N2O3/c1-3-5-14-26-23(29)20(4-2)27(15-17-10-12-18(24)13-11-17)22(28)16-30-21-9-7-6-8-19(21)25/h6-13,20H,3-5,14-16H2,1-2H3,(H,26,29). The van der Waals surface area contributed by atoms with Crippen molar-refractivity contribution in [1.29, 1.82) is 0 Å². The van der Waals surface area contributed by atoms with Crippen LogP contribution in [0.25, 0.3) is 0 Å². The highest BCUT2D eigenvalue weighted by Crippen LogP contribution is 2.23. The van der Waals surface area contributed by atoms with E-state index in [0.29, 0.717) is 28.8 Å². The van der Waals surface area contributed by atoms with Gasteiger partial charge in [0.25, 0.3) is 5.91 Å². The Bertz CT molecular complexity index is 827. The third-order valence-electron chi connectivity index (χ3n) is 4.67. The fourth-order valence-corrected chi connectivity index (χ4v) is 3.31. The van der Waals surface area contributed by atoms with Gasteiger partial charge in [-0.1, -0.05) is 67.7 Å². The third kappa shape index (κ3) is 7.22. The quantitative estimate of drug-likeness (QED) is 0.484. The molecule has 1 atom stereocenters. The molecule has 1 unspecified atom stereocenters. The Labute approximate surface area is 188 Å². The zero-order chi connectivity index (χ0) is 21.9. The molecule has 1 N–H and O–H groups in total. The number of hydrogen-bond donors (Lipinski definition) is 1. The first kappa shape index (κ1) is 24.0. The van der Waals surface area contributed by atoms with Gasteiger partial charge in [-0.25, -0.2) is 0 Å². The fourth-order valence-electron chi connectivity index (χ4n) is 3.00. The molecule has 0 radical (unpaired) electrons. The molecule has 0 bridgehead atoms. The van der Waals surface area contributed by atoms with Crippen LogP contribution in [0.5, 0.6) is 5.75 Å². The Morgan fingerprint density at radius 1 is 1.07 bits per heavy atom. The first-order valence-electron chi connectivity index (χ1n) is 10.1. The van der Waals surface area contributed by atoms with Crippen LogP contribution in [0.2, 0.25) is 10.0 Å². The van der Waals surface area contributed by atoms with Crippen molar-refractivity contribution in [2.45, 2.75) is 45.7 Å². The van der Waals surface area contributed by atoms with Crippen LogP contribution in [0.4, 0.5) is 0 Å². The molecule has 0 heterocycles. The van der Waals surface area contributed by atoms with Crippen molar-refractivity contribution in [1.82, 2.24) is 10.2 Å². The lowest BCUT2D eigenvalue weighted by atomic mass is 10.1. The predicted octanol–water partition coefficient (Wildman–Crippen LogP) is 5.10. The lowest BCUT2D eigenvalue weighted by molar-refractivity contribution is -0.143. The normalized spacial score (nSPS) is 11.6. The van der Waals surface area contributed by atoms with E-state index >= 15 is 0 Å². The highest BCUT2D eigenvalue weighted by molar-refractivity contribution is 6.32. The van der Waals surface area contributed by atoms with Gasteiger partial charge in [0.05, 0.1) is 5.02 Å². The average Bonchev–Trinajstić information content (AvgIpc) is 2.74. The van der Waals surface area contributed by atoms with Crippen LogP contribution >= 0.6 is 23.2 Å². The first-order chi connectivity index (χ1) is 14.5. The van der Waals surface area contributed by atoms with Crippen LogP contribution in [0, 0.1) is 0 Å². The monoisotopic (exact) mass is 450 g/mol. The average molecular weight is 451 g/mol. The molecule has 0 fully saturated rings. The van der Waals surface area contributed by atoms with E-state index in [0.717, 1.165) is 18.4 Å². The molecule has 0 saturated heterocycles. The first-order valence-corrected chi connectivity index (χ1v) is 10.9. The van der Waals surface area contributed by atoms with Gasteiger partial charge in [0.15, 0.2) is 6.61 Å². The van der Waals surface area contributed by atoms with Crippen molar-refractivity contribution in [3.05, 3.63) is 64.1 Å². The molecular weight excluding hydrogens is 423 g/mol. The summed E-state index contributed by atoms with van der Waals surface area (Å²) in [5.74, 6) is -0.0206. The van der Waals surface area contributed by atoms with Crippen molar-refractivity contribution >= 4 is 35.0 Å². The molecule has 0 saturated carbocycles. The fraction of sp³-hybridized carbons (Fsp3) is 0.391. The minimum Gasteiger partial charge on any atom is -0.482 e. The molecule has 162 valence electrons. The molecule has 30 heavy (non-hydrogen) atoms. The van der Waals surface area contributed by atoms with Crippen LogP contribution in [0.1, 0.15) is 38.7 Å². The number of ether oxygens (including phenoxy) is 1. The van der Waals surface area contributed by atoms with E-state index in [1.54, 1.807) is 41.3 Å². The van der Waals surface area contributed by atoms with Gasteiger partial charge in [-0.15, -0.1) is 0 Å². The van der Waals surface area contributed by atoms with E-state index in [9.17, 15) is 9.59 Å². The summed E-state index contributed by atoms with van der Waals surface area (Å²) in [6.45, 7) is 4.61. The number of unbranched alkanes of at least 4 members (excludes halogenated alkanes) is 1. The lowest BCUT2D eigenvalue weighted by Gasteiger charge is -2.30. The van der Waals surface area contributed by atoms with Crippen LogP contribution in [-0.2, 0) is 16.1 Å². The number of nitrogens with one attached hydrogen (secondary N) is 1. The second-order valence-corrected chi connectivity index (χ2v) is 7.78. The number of carbonyl (C=O) groups is 2. The molecule has 5 nitrogen and oxygen atoms in total. The van der Waals surface area contributed by atoms with E-state index in [-0.39, 0.29) is 25.0 Å². The zero-order valence-corrected chi connectivity index (χ0v) is 18.9. The molecular formula is C23H28Cl2N2O3. The number of hydrogen-bond acceptors (Lipinski definition) is 3. The van der Waals surface area contributed by atoms with E-state index in [4.69, 9.17) is 27.9 Å². The molecule has 0 aliphatic heterocycles. The van der Waals surface area contributed by atoms with Crippen molar-refractivity contribution in [2.24, 2.45) is 0 Å². The van der Waals surface area contributed by atoms with Gasteiger partial charge in [-0.05, 0) is 42.7 Å². The summed E-state index contributed by atoms with van der Waals surface area (Å²) in [6.07, 6.45) is 2.36. The van der Waals surface area contributed by atoms with E-state index in [1.165, 1.54) is 0 Å². The maximum absolute atomic E-state index is 13.1. The molecule has 2 aromatic rings. The summed E-state index contributed by atoms with van der Waals surface area (Å²) >= 11 is 12.1. The van der Waals surface area contributed by atoms with Gasteiger partial charge in [0, 0.05) is 18.1 Å². The van der Waals surface area contributed by atoms with Gasteiger partial charge < -0.3 is 15.0 Å². The van der Waals surface area contributed by atoms with Crippen LogP contribution in [0.15, 0.2) is 48.5 Å². The number of rotatable bonds is 11. The number of amides is 2. The largest absolute Gasteiger partial charge is 0.482 e. The molecule has 2 amide bonds. The lowest BCUT2D eigenvalue weighted by Crippen LogP contribution is -2.50. The number of para-hydroxylation sites is 1. The molecule has 0 aliphatic rings. The van der Waals surface area contributed by atoms with Gasteiger partial charge >= 0.3 is 0 Å². The predicted molar refractivity (Wildman–Crippen MR) is 121 cm³/mol. The van der Waals surface area contributed by atoms with Crippen molar-refractivity contribution < 1.29 is 14.3 Å². The number of carbonyl (C=O) groups excluding carboxylic acids is 2. The Balaban J connectivity index is 2.17.